The molecule has 1 fully saturated rings. The topological polar surface area (TPSA) is 57.7 Å². The summed E-state index contributed by atoms with van der Waals surface area (Å²) >= 11 is 0. The van der Waals surface area contributed by atoms with E-state index in [1.54, 1.807) is 36.4 Å². The Morgan fingerprint density at radius 3 is 2.19 bits per heavy atom. The Kier molecular flexibility index (Phi) is 5.32. The molecule has 0 spiro atoms. The number of benzene rings is 2. The Bertz CT molecular complexity index is 898. The van der Waals surface area contributed by atoms with Gasteiger partial charge >= 0.3 is 0 Å². The Morgan fingerprint density at radius 2 is 1.63 bits per heavy atom. The number of carbonyl (C=O) groups excluding carboxylic acids is 3. The molecule has 0 N–H and O–H groups in total. The molecular formula is C21H17FN2O3. The van der Waals surface area contributed by atoms with Crippen LogP contribution in [0.4, 0.5) is 10.1 Å². The highest BCUT2D eigenvalue weighted by Crippen LogP contribution is 2.23. The number of hydrogen-bond acceptors (Lipinski definition) is 3. The summed E-state index contributed by atoms with van der Waals surface area (Å²) in [5.41, 5.74) is 1.58. The SMILES string of the molecule is C#CCN(Cc1ccc(F)cc1)C(=O)c1ccc(N2C(=O)CCC2=O)cc1. The lowest BCUT2D eigenvalue weighted by atomic mass is 10.1. The summed E-state index contributed by atoms with van der Waals surface area (Å²) in [6, 6.07) is 12.1. The van der Waals surface area contributed by atoms with Crippen LogP contribution in [0.15, 0.2) is 48.5 Å². The molecule has 5 nitrogen and oxygen atoms in total. The van der Waals surface area contributed by atoms with Crippen molar-refractivity contribution in [2.45, 2.75) is 19.4 Å². The quantitative estimate of drug-likeness (QED) is 0.606. The maximum atomic E-state index is 13.1. The first-order valence-corrected chi connectivity index (χ1v) is 8.42. The molecule has 136 valence electrons. The minimum absolute atomic E-state index is 0.0983. The Hall–Kier alpha value is -3.46. The van der Waals surface area contributed by atoms with Gasteiger partial charge in [-0.25, -0.2) is 4.39 Å². The van der Waals surface area contributed by atoms with E-state index in [9.17, 15) is 18.8 Å². The number of terminal acetylenes is 1. The number of carbonyl (C=O) groups is 3. The Morgan fingerprint density at radius 1 is 1.04 bits per heavy atom. The molecule has 1 heterocycles. The predicted molar refractivity (Wildman–Crippen MR) is 98.1 cm³/mol. The van der Waals surface area contributed by atoms with Gasteiger partial charge in [-0.3, -0.25) is 19.3 Å². The first kappa shape index (κ1) is 18.3. The van der Waals surface area contributed by atoms with Gasteiger partial charge in [0.05, 0.1) is 12.2 Å². The lowest BCUT2D eigenvalue weighted by Gasteiger charge is -2.21. The number of rotatable bonds is 5. The lowest BCUT2D eigenvalue weighted by molar-refractivity contribution is -0.121. The molecule has 1 aliphatic heterocycles. The van der Waals surface area contributed by atoms with Crippen LogP contribution in [-0.2, 0) is 16.1 Å². The van der Waals surface area contributed by atoms with Crippen LogP contribution in [0.25, 0.3) is 0 Å². The summed E-state index contributed by atoms with van der Waals surface area (Å²) < 4.78 is 13.1. The second kappa shape index (κ2) is 7.83. The van der Waals surface area contributed by atoms with Crippen molar-refractivity contribution in [1.82, 2.24) is 4.90 Å². The fourth-order valence-electron chi connectivity index (χ4n) is 2.92. The maximum Gasteiger partial charge on any atom is 0.254 e. The number of hydrogen-bond donors (Lipinski definition) is 0. The number of halogens is 1. The molecule has 2 aromatic rings. The van der Waals surface area contributed by atoms with Crippen molar-refractivity contribution in [3.05, 3.63) is 65.5 Å². The summed E-state index contributed by atoms with van der Waals surface area (Å²) in [6.07, 6.45) is 5.78. The van der Waals surface area contributed by atoms with E-state index >= 15 is 0 Å². The van der Waals surface area contributed by atoms with E-state index in [1.807, 2.05) is 0 Å². The van der Waals surface area contributed by atoms with Crippen LogP contribution < -0.4 is 4.90 Å². The second-order valence-electron chi connectivity index (χ2n) is 6.16. The Labute approximate surface area is 156 Å². The van der Waals surface area contributed by atoms with Crippen LogP contribution in [0, 0.1) is 18.2 Å². The summed E-state index contributed by atoms with van der Waals surface area (Å²) in [5, 5.41) is 0. The number of imide groups is 1. The molecular weight excluding hydrogens is 347 g/mol. The van der Waals surface area contributed by atoms with Crippen LogP contribution in [-0.4, -0.2) is 29.2 Å². The minimum Gasteiger partial charge on any atom is -0.323 e. The summed E-state index contributed by atoms with van der Waals surface area (Å²) in [6.45, 7) is 0.342. The fourth-order valence-corrected chi connectivity index (χ4v) is 2.92. The molecule has 0 atom stereocenters. The van der Waals surface area contributed by atoms with E-state index in [4.69, 9.17) is 6.42 Å². The van der Waals surface area contributed by atoms with Gasteiger partial charge in [0.1, 0.15) is 5.82 Å². The van der Waals surface area contributed by atoms with Crippen molar-refractivity contribution < 1.29 is 18.8 Å². The lowest BCUT2D eigenvalue weighted by Crippen LogP contribution is -2.31. The molecule has 0 aliphatic carbocycles. The third-order valence-electron chi connectivity index (χ3n) is 4.28. The average molecular weight is 364 g/mol. The van der Waals surface area contributed by atoms with E-state index in [0.717, 1.165) is 10.5 Å². The molecule has 0 saturated carbocycles. The minimum atomic E-state index is -0.352. The van der Waals surface area contributed by atoms with Gasteiger partial charge in [-0.15, -0.1) is 6.42 Å². The summed E-state index contributed by atoms with van der Waals surface area (Å²) in [7, 11) is 0. The zero-order valence-corrected chi connectivity index (χ0v) is 14.5. The molecule has 1 saturated heterocycles. The van der Waals surface area contributed by atoms with Gasteiger partial charge in [0, 0.05) is 24.9 Å². The molecule has 0 unspecified atom stereocenters. The van der Waals surface area contributed by atoms with Gasteiger partial charge < -0.3 is 4.90 Å². The number of anilines is 1. The van der Waals surface area contributed by atoms with E-state index in [1.165, 1.54) is 17.0 Å². The molecule has 3 amide bonds. The van der Waals surface area contributed by atoms with E-state index in [-0.39, 0.29) is 49.5 Å². The van der Waals surface area contributed by atoms with Crippen LogP contribution >= 0.6 is 0 Å². The number of amides is 3. The van der Waals surface area contributed by atoms with Gasteiger partial charge in [0.15, 0.2) is 0 Å². The fraction of sp³-hybridized carbons (Fsp3) is 0.190. The maximum absolute atomic E-state index is 13.1. The molecule has 0 bridgehead atoms. The van der Waals surface area contributed by atoms with Crippen LogP contribution in [0.2, 0.25) is 0 Å². The van der Waals surface area contributed by atoms with E-state index in [2.05, 4.69) is 5.92 Å². The monoisotopic (exact) mass is 364 g/mol. The molecule has 3 rings (SSSR count). The molecule has 1 aliphatic rings. The smallest absolute Gasteiger partial charge is 0.254 e. The summed E-state index contributed by atoms with van der Waals surface area (Å²) in [5.74, 6) is 1.32. The van der Waals surface area contributed by atoms with Gasteiger partial charge in [-0.2, -0.15) is 0 Å². The van der Waals surface area contributed by atoms with Gasteiger partial charge in [-0.1, -0.05) is 18.1 Å². The largest absolute Gasteiger partial charge is 0.323 e. The molecule has 0 aromatic heterocycles. The van der Waals surface area contributed by atoms with E-state index in [0.29, 0.717) is 11.3 Å². The predicted octanol–water partition coefficient (Wildman–Crippen LogP) is 2.75. The van der Waals surface area contributed by atoms with Gasteiger partial charge in [-0.05, 0) is 42.0 Å². The normalized spacial score (nSPS) is 13.6. The zero-order chi connectivity index (χ0) is 19.4. The van der Waals surface area contributed by atoms with Crippen LogP contribution in [0.1, 0.15) is 28.8 Å². The average Bonchev–Trinajstić information content (AvgIpc) is 3.01. The highest BCUT2D eigenvalue weighted by atomic mass is 19.1. The van der Waals surface area contributed by atoms with Crippen molar-refractivity contribution in [3.8, 4) is 12.3 Å². The second-order valence-corrected chi connectivity index (χ2v) is 6.16. The third-order valence-corrected chi connectivity index (χ3v) is 4.28. The highest BCUT2D eigenvalue weighted by molar-refractivity contribution is 6.19. The van der Waals surface area contributed by atoms with E-state index < -0.39 is 0 Å². The molecule has 27 heavy (non-hydrogen) atoms. The number of nitrogens with zero attached hydrogens (tertiary/aromatic N) is 2. The van der Waals surface area contributed by atoms with Crippen LogP contribution in [0.3, 0.4) is 0 Å². The highest BCUT2D eigenvalue weighted by Gasteiger charge is 2.30. The van der Waals surface area contributed by atoms with Crippen molar-refractivity contribution in [1.29, 1.82) is 0 Å². The Balaban J connectivity index is 1.77. The zero-order valence-electron chi connectivity index (χ0n) is 14.5. The van der Waals surface area contributed by atoms with Crippen molar-refractivity contribution in [2.24, 2.45) is 0 Å². The van der Waals surface area contributed by atoms with Crippen molar-refractivity contribution >= 4 is 23.4 Å². The molecule has 2 aromatic carbocycles. The third kappa shape index (κ3) is 4.04. The van der Waals surface area contributed by atoms with Crippen molar-refractivity contribution in [3.63, 3.8) is 0 Å². The van der Waals surface area contributed by atoms with Crippen molar-refractivity contribution in [2.75, 3.05) is 11.4 Å². The first-order chi connectivity index (χ1) is 13.0. The standard InChI is InChI=1S/C21H17FN2O3/c1-2-13-23(14-15-3-7-17(22)8-4-15)21(27)16-5-9-18(10-6-16)24-19(25)11-12-20(24)26/h1,3-10H,11-14H2. The summed E-state index contributed by atoms with van der Waals surface area (Å²) in [4.78, 5) is 39.0. The molecule has 6 heteroatoms. The first-order valence-electron chi connectivity index (χ1n) is 8.42. The molecule has 0 radical (unpaired) electrons. The van der Waals surface area contributed by atoms with Gasteiger partial charge in [0.2, 0.25) is 11.8 Å². The van der Waals surface area contributed by atoms with Crippen LogP contribution in [0.5, 0.6) is 0 Å². The van der Waals surface area contributed by atoms with Gasteiger partial charge in [0.25, 0.3) is 5.91 Å².